The molecule has 154 valence electrons. The molecule has 0 saturated carbocycles. The molecule has 2 heterocycles. The molecule has 2 aromatic carbocycles. The highest BCUT2D eigenvalue weighted by Gasteiger charge is 2.47. The minimum absolute atomic E-state index is 0.116. The Labute approximate surface area is 184 Å². The molecule has 1 fully saturated rings. The van der Waals surface area contributed by atoms with Crippen LogP contribution in [0.3, 0.4) is 0 Å². The van der Waals surface area contributed by atoms with E-state index < -0.39 is 28.4 Å². The number of ketones is 1. The minimum atomic E-state index is -0.912. The lowest BCUT2D eigenvalue weighted by Gasteiger charge is -2.24. The summed E-state index contributed by atoms with van der Waals surface area (Å²) in [6, 6.07) is 16.3. The molecule has 1 N–H and O–H groups in total. The third kappa shape index (κ3) is 3.71. The summed E-state index contributed by atoms with van der Waals surface area (Å²) < 4.78 is 0.704. The number of hydrogen-bond acceptors (Lipinski definition) is 6. The summed E-state index contributed by atoms with van der Waals surface area (Å²) in [6.45, 7) is 0. The van der Waals surface area contributed by atoms with E-state index in [1.54, 1.807) is 42.5 Å². The van der Waals surface area contributed by atoms with Crippen LogP contribution < -0.4 is 4.90 Å². The van der Waals surface area contributed by atoms with Gasteiger partial charge in [-0.05, 0) is 45.8 Å². The van der Waals surface area contributed by atoms with Crippen LogP contribution in [-0.2, 0) is 9.59 Å². The van der Waals surface area contributed by atoms with Gasteiger partial charge in [0.05, 0.1) is 16.5 Å². The molecule has 0 aliphatic carbocycles. The minimum Gasteiger partial charge on any atom is -0.507 e. The average molecular weight is 480 g/mol. The number of nitrogens with zero attached hydrogens (tertiary/aromatic N) is 3. The molecule has 31 heavy (non-hydrogen) atoms. The van der Waals surface area contributed by atoms with E-state index in [4.69, 9.17) is 0 Å². The number of aromatic nitrogens is 1. The largest absolute Gasteiger partial charge is 0.507 e. The maximum absolute atomic E-state index is 13.0. The van der Waals surface area contributed by atoms with Gasteiger partial charge in [-0.1, -0.05) is 30.3 Å². The van der Waals surface area contributed by atoms with E-state index in [-0.39, 0.29) is 22.6 Å². The van der Waals surface area contributed by atoms with Crippen molar-refractivity contribution in [3.8, 4) is 0 Å². The Hall–Kier alpha value is -3.85. The smallest absolute Gasteiger partial charge is 0.301 e. The van der Waals surface area contributed by atoms with Gasteiger partial charge in [0.25, 0.3) is 11.5 Å². The Bertz CT molecular complexity index is 1210. The number of aliphatic hydroxyl groups is 1. The zero-order chi connectivity index (χ0) is 22.1. The number of Topliss-reactive ketones (excluding diaryl/α,β-unsaturated/α-hetero) is 1. The van der Waals surface area contributed by atoms with E-state index in [9.17, 15) is 24.8 Å². The number of carbonyl (C=O) groups excluding carboxylic acids is 2. The first-order valence-corrected chi connectivity index (χ1v) is 9.90. The van der Waals surface area contributed by atoms with Crippen LogP contribution in [-0.4, -0.2) is 26.7 Å². The van der Waals surface area contributed by atoms with E-state index in [0.717, 1.165) is 0 Å². The number of nitro groups is 1. The number of rotatable bonds is 4. The van der Waals surface area contributed by atoms with Gasteiger partial charge in [0.15, 0.2) is 0 Å². The predicted octanol–water partition coefficient (Wildman–Crippen LogP) is 4.38. The molecule has 0 unspecified atom stereocenters. The van der Waals surface area contributed by atoms with Crippen LogP contribution in [0.5, 0.6) is 0 Å². The molecule has 4 rings (SSSR count). The van der Waals surface area contributed by atoms with Crippen molar-refractivity contribution in [2.75, 3.05) is 4.90 Å². The first-order valence-electron chi connectivity index (χ1n) is 9.11. The maximum atomic E-state index is 13.0. The number of halogens is 1. The molecule has 1 aliphatic heterocycles. The van der Waals surface area contributed by atoms with Crippen LogP contribution in [0.15, 0.2) is 83.0 Å². The van der Waals surface area contributed by atoms with Gasteiger partial charge in [0, 0.05) is 28.4 Å². The molecule has 1 amide bonds. The van der Waals surface area contributed by atoms with Gasteiger partial charge in [0.2, 0.25) is 0 Å². The Morgan fingerprint density at radius 3 is 2.29 bits per heavy atom. The standard InChI is InChI=1S/C22H14BrN3O5/c23-15-8-11-17(24-12-15)25-19(13-4-2-1-3-5-13)18(21(28)22(25)29)20(27)14-6-9-16(10-7-14)26(30)31/h1-12,19,27H/t19-/m0/s1. The summed E-state index contributed by atoms with van der Waals surface area (Å²) in [7, 11) is 0. The summed E-state index contributed by atoms with van der Waals surface area (Å²) in [6.07, 6.45) is 1.51. The highest BCUT2D eigenvalue weighted by atomic mass is 79.9. The topological polar surface area (TPSA) is 114 Å². The van der Waals surface area contributed by atoms with Crippen molar-refractivity contribution in [2.24, 2.45) is 0 Å². The molecule has 1 aliphatic rings. The molecule has 0 bridgehead atoms. The van der Waals surface area contributed by atoms with Crippen molar-refractivity contribution in [1.82, 2.24) is 4.98 Å². The number of pyridine rings is 1. The Kier molecular flexibility index (Phi) is 5.35. The van der Waals surface area contributed by atoms with Gasteiger partial charge in [-0.3, -0.25) is 24.6 Å². The highest BCUT2D eigenvalue weighted by molar-refractivity contribution is 9.10. The molecule has 9 heteroatoms. The molecule has 0 radical (unpaired) electrons. The second-order valence-corrected chi connectivity index (χ2v) is 7.63. The molecule has 0 spiro atoms. The summed E-state index contributed by atoms with van der Waals surface area (Å²) in [5.74, 6) is -1.86. The average Bonchev–Trinajstić information content (AvgIpc) is 3.05. The number of hydrogen-bond donors (Lipinski definition) is 1. The number of benzene rings is 2. The number of nitro benzene ring substituents is 1. The Morgan fingerprint density at radius 1 is 1.03 bits per heavy atom. The summed E-state index contributed by atoms with van der Waals surface area (Å²) >= 11 is 3.29. The molecule has 1 atom stereocenters. The molecule has 3 aromatic rings. The molecular weight excluding hydrogens is 466 g/mol. The summed E-state index contributed by atoms with van der Waals surface area (Å²) in [5, 5.41) is 21.9. The molecule has 8 nitrogen and oxygen atoms in total. The predicted molar refractivity (Wildman–Crippen MR) is 116 cm³/mol. The number of carbonyl (C=O) groups is 2. The van der Waals surface area contributed by atoms with Gasteiger partial charge in [-0.25, -0.2) is 4.98 Å². The van der Waals surface area contributed by atoms with Crippen LogP contribution in [0.2, 0.25) is 0 Å². The van der Waals surface area contributed by atoms with Crippen molar-refractivity contribution >= 4 is 44.9 Å². The quantitative estimate of drug-likeness (QED) is 0.195. The van der Waals surface area contributed by atoms with Crippen molar-refractivity contribution in [3.05, 3.63) is 104 Å². The number of non-ortho nitro benzene ring substituents is 1. The second-order valence-electron chi connectivity index (χ2n) is 6.72. The maximum Gasteiger partial charge on any atom is 0.301 e. The number of anilines is 1. The van der Waals surface area contributed by atoms with Crippen LogP contribution in [0.4, 0.5) is 11.5 Å². The van der Waals surface area contributed by atoms with E-state index >= 15 is 0 Å². The fraction of sp³-hybridized carbons (Fsp3) is 0.0455. The van der Waals surface area contributed by atoms with E-state index in [0.29, 0.717) is 10.0 Å². The normalized spacial score (nSPS) is 17.7. The molecule has 1 saturated heterocycles. The summed E-state index contributed by atoms with van der Waals surface area (Å²) in [5.41, 5.74) is 0.522. The van der Waals surface area contributed by atoms with Gasteiger partial charge in [0.1, 0.15) is 11.6 Å². The van der Waals surface area contributed by atoms with Crippen LogP contribution >= 0.6 is 15.9 Å². The number of amides is 1. The van der Waals surface area contributed by atoms with Crippen molar-refractivity contribution < 1.29 is 19.6 Å². The fourth-order valence-corrected chi connectivity index (χ4v) is 3.66. The first kappa shape index (κ1) is 20.4. The van der Waals surface area contributed by atoms with Crippen molar-refractivity contribution in [3.63, 3.8) is 0 Å². The lowest BCUT2D eigenvalue weighted by Crippen LogP contribution is -2.30. The number of aliphatic hydroxyl groups excluding tert-OH is 1. The zero-order valence-corrected chi connectivity index (χ0v) is 17.4. The van der Waals surface area contributed by atoms with Crippen LogP contribution in [0.1, 0.15) is 17.2 Å². The first-order chi connectivity index (χ1) is 14.9. The monoisotopic (exact) mass is 479 g/mol. The lowest BCUT2D eigenvalue weighted by molar-refractivity contribution is -0.384. The van der Waals surface area contributed by atoms with Gasteiger partial charge in [-0.15, -0.1) is 0 Å². The van der Waals surface area contributed by atoms with Crippen molar-refractivity contribution in [2.45, 2.75) is 6.04 Å². The van der Waals surface area contributed by atoms with Crippen LogP contribution in [0.25, 0.3) is 5.76 Å². The van der Waals surface area contributed by atoms with Crippen LogP contribution in [0, 0.1) is 10.1 Å². The lowest BCUT2D eigenvalue weighted by atomic mass is 9.95. The molecular formula is C22H14BrN3O5. The van der Waals surface area contributed by atoms with Crippen molar-refractivity contribution in [1.29, 1.82) is 0 Å². The van der Waals surface area contributed by atoms with Gasteiger partial charge < -0.3 is 5.11 Å². The summed E-state index contributed by atoms with van der Waals surface area (Å²) in [4.78, 5) is 41.8. The Morgan fingerprint density at radius 2 is 1.71 bits per heavy atom. The molecule has 1 aromatic heterocycles. The SMILES string of the molecule is O=C1C(=O)N(c2ccc(Br)cn2)[C@@H](c2ccccc2)C1=C(O)c1ccc([N+](=O)[O-])cc1. The third-order valence-electron chi connectivity index (χ3n) is 4.87. The second kappa shape index (κ2) is 8.11. The third-order valence-corrected chi connectivity index (χ3v) is 5.34. The van der Waals surface area contributed by atoms with E-state index in [2.05, 4.69) is 20.9 Å². The van der Waals surface area contributed by atoms with Gasteiger partial charge >= 0.3 is 5.91 Å². The van der Waals surface area contributed by atoms with E-state index in [1.165, 1.54) is 35.4 Å². The van der Waals surface area contributed by atoms with E-state index in [1.807, 2.05) is 0 Å². The fourth-order valence-electron chi connectivity index (χ4n) is 3.43. The zero-order valence-electron chi connectivity index (χ0n) is 15.8. The highest BCUT2D eigenvalue weighted by Crippen LogP contribution is 2.41. The van der Waals surface area contributed by atoms with Gasteiger partial charge in [-0.2, -0.15) is 0 Å². The Balaban J connectivity index is 1.90.